The van der Waals surface area contributed by atoms with Crippen molar-refractivity contribution in [1.82, 2.24) is 14.9 Å². The molecule has 0 saturated carbocycles. The summed E-state index contributed by atoms with van der Waals surface area (Å²) in [5.74, 6) is 0.0159. The van der Waals surface area contributed by atoms with Crippen LogP contribution in [0.3, 0.4) is 0 Å². The van der Waals surface area contributed by atoms with Gasteiger partial charge in [-0.15, -0.1) is 11.3 Å². The van der Waals surface area contributed by atoms with Gasteiger partial charge in [0.25, 0.3) is 5.91 Å². The summed E-state index contributed by atoms with van der Waals surface area (Å²) in [6.07, 6.45) is 5.20. The summed E-state index contributed by atoms with van der Waals surface area (Å²) in [6, 6.07) is 3.61. The second-order valence-electron chi connectivity index (χ2n) is 4.51. The first-order valence-electron chi connectivity index (χ1n) is 6.17. The third kappa shape index (κ3) is 2.31. The third-order valence-corrected chi connectivity index (χ3v) is 4.00. The van der Waals surface area contributed by atoms with Gasteiger partial charge in [0.15, 0.2) is 5.13 Å². The van der Waals surface area contributed by atoms with Gasteiger partial charge < -0.3 is 10.6 Å². The Morgan fingerprint density at radius 1 is 1.53 bits per heavy atom. The fourth-order valence-corrected chi connectivity index (χ4v) is 3.04. The quantitative estimate of drug-likeness (QED) is 0.910. The molecule has 1 atom stereocenters. The molecule has 0 bridgehead atoms. The molecule has 0 aromatic carbocycles. The number of carbonyl (C=O) groups excluding carboxylic acids is 1. The Labute approximate surface area is 115 Å². The van der Waals surface area contributed by atoms with Crippen molar-refractivity contribution >= 4 is 22.4 Å². The number of carbonyl (C=O) groups is 1. The molecule has 2 aromatic heterocycles. The monoisotopic (exact) mass is 274 g/mol. The van der Waals surface area contributed by atoms with Gasteiger partial charge in [-0.2, -0.15) is 0 Å². The lowest BCUT2D eigenvalue weighted by Gasteiger charge is -2.23. The zero-order valence-electron chi connectivity index (χ0n) is 10.3. The Balaban J connectivity index is 1.86. The lowest BCUT2D eigenvalue weighted by atomic mass is 10.1. The number of aromatic nitrogens is 2. The van der Waals surface area contributed by atoms with E-state index in [4.69, 9.17) is 5.73 Å². The summed E-state index contributed by atoms with van der Waals surface area (Å²) < 4.78 is 0. The molecule has 19 heavy (non-hydrogen) atoms. The first kappa shape index (κ1) is 12.1. The van der Waals surface area contributed by atoms with E-state index < -0.39 is 0 Å². The fourth-order valence-electron chi connectivity index (χ4n) is 2.43. The van der Waals surface area contributed by atoms with E-state index in [2.05, 4.69) is 9.97 Å². The van der Waals surface area contributed by atoms with Gasteiger partial charge in [0.2, 0.25) is 0 Å². The number of nitrogens with zero attached hydrogens (tertiary/aromatic N) is 3. The topological polar surface area (TPSA) is 72.1 Å². The second kappa shape index (κ2) is 4.97. The van der Waals surface area contributed by atoms with E-state index in [1.54, 1.807) is 24.5 Å². The molecule has 1 amide bonds. The normalized spacial score (nSPS) is 18.7. The average molecular weight is 274 g/mol. The number of likely N-dealkylation sites (tertiary alicyclic amines) is 1. The van der Waals surface area contributed by atoms with Crippen LogP contribution in [-0.4, -0.2) is 27.3 Å². The smallest absolute Gasteiger partial charge is 0.255 e. The Morgan fingerprint density at radius 3 is 3.11 bits per heavy atom. The molecular weight excluding hydrogens is 260 g/mol. The van der Waals surface area contributed by atoms with Gasteiger partial charge in [0.05, 0.1) is 17.3 Å². The van der Waals surface area contributed by atoms with Gasteiger partial charge in [-0.3, -0.25) is 9.78 Å². The largest absolute Gasteiger partial charge is 0.375 e. The number of amides is 1. The molecule has 1 aliphatic heterocycles. The van der Waals surface area contributed by atoms with Crippen molar-refractivity contribution in [3.8, 4) is 0 Å². The number of pyridine rings is 1. The molecule has 2 aromatic rings. The van der Waals surface area contributed by atoms with Crippen LogP contribution in [0.15, 0.2) is 29.9 Å². The van der Waals surface area contributed by atoms with Crippen molar-refractivity contribution in [3.05, 3.63) is 41.2 Å². The Bertz CT molecular complexity index is 583. The maximum Gasteiger partial charge on any atom is 0.255 e. The number of anilines is 1. The van der Waals surface area contributed by atoms with Crippen molar-refractivity contribution in [2.45, 2.75) is 18.9 Å². The maximum atomic E-state index is 12.5. The second-order valence-corrected chi connectivity index (χ2v) is 5.40. The molecule has 1 fully saturated rings. The van der Waals surface area contributed by atoms with Crippen LogP contribution in [0.4, 0.5) is 5.13 Å². The zero-order chi connectivity index (χ0) is 13.2. The molecular formula is C13H14N4OS. The fraction of sp³-hybridized carbons (Fsp3) is 0.308. The Hall–Kier alpha value is -1.95. The molecule has 5 nitrogen and oxygen atoms in total. The van der Waals surface area contributed by atoms with Crippen molar-refractivity contribution in [1.29, 1.82) is 0 Å². The predicted molar refractivity (Wildman–Crippen MR) is 73.8 cm³/mol. The zero-order valence-corrected chi connectivity index (χ0v) is 11.1. The van der Waals surface area contributed by atoms with E-state index in [1.165, 1.54) is 11.3 Å². The molecule has 3 heterocycles. The van der Waals surface area contributed by atoms with Crippen LogP contribution in [-0.2, 0) is 0 Å². The summed E-state index contributed by atoms with van der Waals surface area (Å²) in [5.41, 5.74) is 7.20. The van der Waals surface area contributed by atoms with Crippen LogP contribution >= 0.6 is 11.3 Å². The van der Waals surface area contributed by atoms with E-state index in [9.17, 15) is 4.79 Å². The number of rotatable bonds is 2. The molecule has 1 aliphatic rings. The molecule has 98 valence electrons. The lowest BCUT2D eigenvalue weighted by molar-refractivity contribution is 0.0733. The van der Waals surface area contributed by atoms with Crippen molar-refractivity contribution in [2.75, 3.05) is 12.3 Å². The van der Waals surface area contributed by atoms with Gasteiger partial charge in [0.1, 0.15) is 0 Å². The summed E-state index contributed by atoms with van der Waals surface area (Å²) in [5, 5.41) is 2.49. The predicted octanol–water partition coefficient (Wildman–Crippen LogP) is 2.10. The highest BCUT2D eigenvalue weighted by atomic mass is 32.1. The minimum Gasteiger partial charge on any atom is -0.375 e. The molecule has 2 N–H and O–H groups in total. The molecule has 0 aliphatic carbocycles. The van der Waals surface area contributed by atoms with Gasteiger partial charge in [-0.05, 0) is 25.0 Å². The van der Waals surface area contributed by atoms with Gasteiger partial charge in [0, 0.05) is 24.3 Å². The van der Waals surface area contributed by atoms with Crippen LogP contribution in [0, 0.1) is 0 Å². The highest BCUT2D eigenvalue weighted by Gasteiger charge is 2.32. The average Bonchev–Trinajstić information content (AvgIpc) is 3.07. The SMILES string of the molecule is Nc1nc([C@@H]2CCCN2C(=O)c2cccnc2)cs1. The first-order chi connectivity index (χ1) is 9.25. The minimum absolute atomic E-state index is 0.0159. The van der Waals surface area contributed by atoms with E-state index in [1.807, 2.05) is 10.3 Å². The van der Waals surface area contributed by atoms with Crippen molar-refractivity contribution in [3.63, 3.8) is 0 Å². The Kier molecular flexibility index (Phi) is 3.16. The minimum atomic E-state index is 0.0159. The summed E-state index contributed by atoms with van der Waals surface area (Å²) in [4.78, 5) is 22.6. The molecule has 0 spiro atoms. The number of nitrogens with two attached hydrogens (primary N) is 1. The Morgan fingerprint density at radius 2 is 2.42 bits per heavy atom. The van der Waals surface area contributed by atoms with Crippen LogP contribution in [0.5, 0.6) is 0 Å². The third-order valence-electron chi connectivity index (χ3n) is 3.30. The van der Waals surface area contributed by atoms with Crippen LogP contribution in [0.1, 0.15) is 34.9 Å². The molecule has 1 saturated heterocycles. The maximum absolute atomic E-state index is 12.5. The van der Waals surface area contributed by atoms with E-state index >= 15 is 0 Å². The number of hydrogen-bond acceptors (Lipinski definition) is 5. The number of hydrogen-bond donors (Lipinski definition) is 1. The highest BCUT2D eigenvalue weighted by Crippen LogP contribution is 2.33. The van der Waals surface area contributed by atoms with Gasteiger partial charge in [-0.25, -0.2) is 4.98 Å². The van der Waals surface area contributed by atoms with Gasteiger partial charge >= 0.3 is 0 Å². The summed E-state index contributed by atoms with van der Waals surface area (Å²) >= 11 is 1.42. The van der Waals surface area contributed by atoms with Crippen LogP contribution in [0.2, 0.25) is 0 Å². The molecule has 3 rings (SSSR count). The summed E-state index contributed by atoms with van der Waals surface area (Å²) in [7, 11) is 0. The van der Waals surface area contributed by atoms with Crippen LogP contribution in [0.25, 0.3) is 0 Å². The van der Waals surface area contributed by atoms with Crippen LogP contribution < -0.4 is 5.73 Å². The standard InChI is InChI=1S/C13H14N4OS/c14-13-16-10(8-19-13)11-4-2-6-17(11)12(18)9-3-1-5-15-7-9/h1,3,5,7-8,11H,2,4,6H2,(H2,14,16)/t11-/m0/s1. The molecule has 0 radical (unpaired) electrons. The molecule has 0 unspecified atom stereocenters. The summed E-state index contributed by atoms with van der Waals surface area (Å²) in [6.45, 7) is 0.760. The lowest BCUT2D eigenvalue weighted by Crippen LogP contribution is -2.30. The highest BCUT2D eigenvalue weighted by molar-refractivity contribution is 7.13. The van der Waals surface area contributed by atoms with E-state index in [0.29, 0.717) is 10.7 Å². The van der Waals surface area contributed by atoms with Crippen molar-refractivity contribution in [2.24, 2.45) is 0 Å². The van der Waals surface area contributed by atoms with Crippen molar-refractivity contribution < 1.29 is 4.79 Å². The number of nitrogen functional groups attached to an aromatic ring is 1. The van der Waals surface area contributed by atoms with E-state index in [-0.39, 0.29) is 11.9 Å². The van der Waals surface area contributed by atoms with Gasteiger partial charge in [-0.1, -0.05) is 0 Å². The number of thiazole rings is 1. The first-order valence-corrected chi connectivity index (χ1v) is 7.05. The molecule has 6 heteroatoms. The van der Waals surface area contributed by atoms with E-state index in [0.717, 1.165) is 25.1 Å².